The molecule has 25 heavy (non-hydrogen) atoms. The summed E-state index contributed by atoms with van der Waals surface area (Å²) in [6.07, 6.45) is 0. The van der Waals surface area contributed by atoms with E-state index in [1.54, 1.807) is 6.92 Å². The summed E-state index contributed by atoms with van der Waals surface area (Å²) in [6, 6.07) is 12.9. The van der Waals surface area contributed by atoms with Gasteiger partial charge in [0.05, 0.1) is 5.75 Å². The molecule has 2 aromatic carbocycles. The van der Waals surface area contributed by atoms with Crippen LogP contribution in [0, 0.1) is 18.6 Å². The number of amides is 1. The Bertz CT molecular complexity index is 879. The third kappa shape index (κ3) is 3.85. The van der Waals surface area contributed by atoms with Gasteiger partial charge in [-0.05, 0) is 31.2 Å². The Morgan fingerprint density at radius 1 is 1.08 bits per heavy atom. The number of nitrogens with zero attached hydrogens (tertiary/aromatic N) is 3. The molecule has 0 saturated carbocycles. The van der Waals surface area contributed by atoms with Gasteiger partial charge in [0, 0.05) is 5.69 Å². The number of halogens is 2. The molecule has 0 bridgehead atoms. The Morgan fingerprint density at radius 2 is 1.76 bits per heavy atom. The van der Waals surface area contributed by atoms with Crippen LogP contribution in [0.25, 0.3) is 5.69 Å². The largest absolute Gasteiger partial charge is 0.320 e. The molecule has 3 aromatic rings. The molecule has 1 heterocycles. The van der Waals surface area contributed by atoms with Gasteiger partial charge in [0.25, 0.3) is 0 Å². The number of rotatable bonds is 5. The molecule has 0 fully saturated rings. The first kappa shape index (κ1) is 17.1. The zero-order valence-corrected chi connectivity index (χ0v) is 14.1. The quantitative estimate of drug-likeness (QED) is 0.707. The normalized spacial score (nSPS) is 10.7. The van der Waals surface area contributed by atoms with E-state index in [0.29, 0.717) is 11.0 Å². The standard InChI is InChI=1S/C17H14F2N4OS/c1-11-21-22-17(23(11)12-6-3-2-4-7-12)25-10-15(24)20-16-13(18)8-5-9-14(16)19/h2-9H,10H2,1H3,(H,20,24). The van der Waals surface area contributed by atoms with Crippen molar-refractivity contribution in [3.63, 3.8) is 0 Å². The fourth-order valence-electron chi connectivity index (χ4n) is 2.23. The van der Waals surface area contributed by atoms with Crippen LogP contribution in [-0.2, 0) is 4.79 Å². The lowest BCUT2D eigenvalue weighted by Gasteiger charge is -2.09. The van der Waals surface area contributed by atoms with Crippen molar-refractivity contribution in [3.8, 4) is 5.69 Å². The van der Waals surface area contributed by atoms with E-state index < -0.39 is 23.2 Å². The van der Waals surface area contributed by atoms with Crippen LogP contribution in [-0.4, -0.2) is 26.4 Å². The molecule has 0 aliphatic carbocycles. The highest BCUT2D eigenvalue weighted by Crippen LogP contribution is 2.23. The van der Waals surface area contributed by atoms with Gasteiger partial charge in [-0.25, -0.2) is 8.78 Å². The van der Waals surface area contributed by atoms with Crippen LogP contribution in [0.3, 0.4) is 0 Å². The molecule has 0 spiro atoms. The minimum absolute atomic E-state index is 0.0568. The van der Waals surface area contributed by atoms with Gasteiger partial charge in [0.2, 0.25) is 5.91 Å². The SMILES string of the molecule is Cc1nnc(SCC(=O)Nc2c(F)cccc2F)n1-c1ccccc1. The fourth-order valence-corrected chi connectivity index (χ4v) is 3.03. The number of carbonyl (C=O) groups excluding carboxylic acids is 1. The van der Waals surface area contributed by atoms with Crippen molar-refractivity contribution in [1.82, 2.24) is 14.8 Å². The van der Waals surface area contributed by atoms with Gasteiger partial charge in [-0.1, -0.05) is 36.0 Å². The Labute approximate surface area is 147 Å². The lowest BCUT2D eigenvalue weighted by molar-refractivity contribution is -0.113. The summed E-state index contributed by atoms with van der Waals surface area (Å²) >= 11 is 1.13. The van der Waals surface area contributed by atoms with Gasteiger partial charge in [0.15, 0.2) is 5.16 Å². The molecule has 0 unspecified atom stereocenters. The summed E-state index contributed by atoms with van der Waals surface area (Å²) in [5.41, 5.74) is 0.418. The topological polar surface area (TPSA) is 59.8 Å². The first-order valence-electron chi connectivity index (χ1n) is 7.40. The molecule has 0 radical (unpaired) electrons. The van der Waals surface area contributed by atoms with Crippen molar-refractivity contribution in [2.75, 3.05) is 11.1 Å². The number of thioether (sulfide) groups is 1. The lowest BCUT2D eigenvalue weighted by atomic mass is 10.3. The van der Waals surface area contributed by atoms with E-state index in [-0.39, 0.29) is 5.75 Å². The van der Waals surface area contributed by atoms with Gasteiger partial charge in [-0.3, -0.25) is 9.36 Å². The minimum Gasteiger partial charge on any atom is -0.320 e. The van der Waals surface area contributed by atoms with E-state index in [2.05, 4.69) is 15.5 Å². The van der Waals surface area contributed by atoms with E-state index in [1.807, 2.05) is 34.9 Å². The molecule has 5 nitrogen and oxygen atoms in total. The van der Waals surface area contributed by atoms with Crippen LogP contribution in [0.2, 0.25) is 0 Å². The van der Waals surface area contributed by atoms with Crippen LogP contribution in [0.1, 0.15) is 5.82 Å². The van der Waals surface area contributed by atoms with Crippen molar-refractivity contribution >= 4 is 23.4 Å². The Morgan fingerprint density at radius 3 is 2.44 bits per heavy atom. The second-order valence-corrected chi connectivity index (χ2v) is 6.08. The molecule has 0 aliphatic rings. The summed E-state index contributed by atoms with van der Waals surface area (Å²) in [5.74, 6) is -1.55. The summed E-state index contributed by atoms with van der Waals surface area (Å²) in [6.45, 7) is 1.80. The average molecular weight is 360 g/mol. The molecule has 0 atom stereocenters. The third-order valence-electron chi connectivity index (χ3n) is 3.37. The highest BCUT2D eigenvalue weighted by atomic mass is 32.2. The molecule has 8 heteroatoms. The molecule has 0 saturated heterocycles. The number of carbonyl (C=O) groups is 1. The number of hydrogen-bond acceptors (Lipinski definition) is 4. The predicted octanol–water partition coefficient (Wildman–Crippen LogP) is 3.58. The molecular weight excluding hydrogens is 346 g/mol. The van der Waals surface area contributed by atoms with Crippen molar-refractivity contribution < 1.29 is 13.6 Å². The lowest BCUT2D eigenvalue weighted by Crippen LogP contribution is -2.16. The maximum absolute atomic E-state index is 13.6. The van der Waals surface area contributed by atoms with E-state index >= 15 is 0 Å². The fraction of sp³-hybridized carbons (Fsp3) is 0.118. The maximum Gasteiger partial charge on any atom is 0.235 e. The van der Waals surface area contributed by atoms with Crippen molar-refractivity contribution in [2.45, 2.75) is 12.1 Å². The smallest absolute Gasteiger partial charge is 0.235 e. The number of anilines is 1. The van der Waals surface area contributed by atoms with Crippen molar-refractivity contribution in [3.05, 3.63) is 66.0 Å². The number of aryl methyl sites for hydroxylation is 1. The molecule has 3 rings (SSSR count). The molecule has 1 aromatic heterocycles. The highest BCUT2D eigenvalue weighted by molar-refractivity contribution is 7.99. The van der Waals surface area contributed by atoms with Crippen LogP contribution in [0.15, 0.2) is 53.7 Å². The van der Waals surface area contributed by atoms with E-state index in [4.69, 9.17) is 0 Å². The first-order chi connectivity index (χ1) is 12.1. The number of benzene rings is 2. The van der Waals surface area contributed by atoms with Gasteiger partial charge in [0.1, 0.15) is 23.1 Å². The predicted molar refractivity (Wildman–Crippen MR) is 91.8 cm³/mol. The second kappa shape index (κ2) is 7.43. The average Bonchev–Trinajstić information content (AvgIpc) is 2.98. The number of nitrogens with one attached hydrogen (secondary N) is 1. The summed E-state index contributed by atoms with van der Waals surface area (Å²) in [4.78, 5) is 12.0. The van der Waals surface area contributed by atoms with Crippen LogP contribution in [0.5, 0.6) is 0 Å². The minimum atomic E-state index is -0.818. The van der Waals surface area contributed by atoms with E-state index in [9.17, 15) is 13.6 Å². The summed E-state index contributed by atoms with van der Waals surface area (Å²) in [5, 5.41) is 10.8. The summed E-state index contributed by atoms with van der Waals surface area (Å²) < 4.78 is 29.0. The number of para-hydroxylation sites is 2. The van der Waals surface area contributed by atoms with Gasteiger partial charge in [-0.2, -0.15) is 0 Å². The third-order valence-corrected chi connectivity index (χ3v) is 4.30. The Hall–Kier alpha value is -2.74. The zero-order valence-electron chi connectivity index (χ0n) is 13.2. The zero-order chi connectivity index (χ0) is 17.8. The monoisotopic (exact) mass is 360 g/mol. The maximum atomic E-state index is 13.6. The molecule has 1 N–H and O–H groups in total. The van der Waals surface area contributed by atoms with E-state index in [1.165, 1.54) is 6.07 Å². The second-order valence-electron chi connectivity index (χ2n) is 5.13. The molecule has 0 aliphatic heterocycles. The molecular formula is C17H14F2N4OS. The van der Waals surface area contributed by atoms with Crippen molar-refractivity contribution in [1.29, 1.82) is 0 Å². The highest BCUT2D eigenvalue weighted by Gasteiger charge is 2.15. The number of hydrogen-bond donors (Lipinski definition) is 1. The van der Waals surface area contributed by atoms with Gasteiger partial charge < -0.3 is 5.32 Å². The van der Waals surface area contributed by atoms with Crippen molar-refractivity contribution in [2.24, 2.45) is 0 Å². The molecule has 1 amide bonds. The first-order valence-corrected chi connectivity index (χ1v) is 8.39. The molecule has 128 valence electrons. The number of aromatic nitrogens is 3. The van der Waals surface area contributed by atoms with Crippen LogP contribution >= 0.6 is 11.8 Å². The Kier molecular flexibility index (Phi) is 5.08. The van der Waals surface area contributed by atoms with Crippen LogP contribution < -0.4 is 5.32 Å². The van der Waals surface area contributed by atoms with Gasteiger partial charge >= 0.3 is 0 Å². The Balaban J connectivity index is 1.71. The van der Waals surface area contributed by atoms with Gasteiger partial charge in [-0.15, -0.1) is 10.2 Å². The van der Waals surface area contributed by atoms with E-state index in [0.717, 1.165) is 29.6 Å². The van der Waals surface area contributed by atoms with Crippen LogP contribution in [0.4, 0.5) is 14.5 Å². The summed E-state index contributed by atoms with van der Waals surface area (Å²) in [7, 11) is 0.